The fourth-order valence-electron chi connectivity index (χ4n) is 3.41. The zero-order valence-corrected chi connectivity index (χ0v) is 23.8. The molecule has 0 atom stereocenters. The minimum atomic E-state index is -5.85. The average Bonchev–Trinajstić information content (AvgIpc) is 2.84. The Labute approximate surface area is 235 Å². The van der Waals surface area contributed by atoms with Gasteiger partial charge in [-0.05, 0) is 23.3 Å². The van der Waals surface area contributed by atoms with Crippen molar-refractivity contribution >= 4 is 48.4 Å². The fraction of sp³-hybridized carbons (Fsp3) is 0.182. The molecule has 3 aromatic carbocycles. The minimum absolute atomic E-state index is 0.0941. The van der Waals surface area contributed by atoms with E-state index in [2.05, 4.69) is 0 Å². The van der Waals surface area contributed by atoms with Crippen molar-refractivity contribution in [2.24, 2.45) is 0 Å². The van der Waals surface area contributed by atoms with E-state index in [9.17, 15) is 35.1 Å². The summed E-state index contributed by atoms with van der Waals surface area (Å²) in [4.78, 5) is 35.3. The SMILES string of the molecule is O=P(O)(O)C(F)(F)c1ccc(CN(Cc2ccc(C(F)(F)P(=O)(O)O)cc2)S(=O)(=O)c2cccc(Cl)c2Cl)cc1. The van der Waals surface area contributed by atoms with E-state index in [1.165, 1.54) is 12.1 Å². The summed E-state index contributed by atoms with van der Waals surface area (Å²) in [6.07, 6.45) is 0. The summed E-state index contributed by atoms with van der Waals surface area (Å²) < 4.78 is 106. The summed E-state index contributed by atoms with van der Waals surface area (Å²) in [7, 11) is -16.2. The molecule has 4 N–H and O–H groups in total. The average molecular weight is 666 g/mol. The number of benzene rings is 3. The predicted octanol–water partition coefficient (Wildman–Crippen LogP) is 5.84. The molecule has 18 heteroatoms. The van der Waals surface area contributed by atoms with E-state index < -0.39 is 65.7 Å². The summed E-state index contributed by atoms with van der Waals surface area (Å²) >= 11 is 12.1. The van der Waals surface area contributed by atoms with Gasteiger partial charge in [-0.3, -0.25) is 9.13 Å². The minimum Gasteiger partial charge on any atom is -0.320 e. The standard InChI is InChI=1S/C22H19Cl2F4NO8P2S/c23-18-2-1-3-19(20(18)24)40(36,37)29(12-14-4-8-16(9-5-14)21(25,26)38(30,31)32)13-15-6-10-17(11-7-15)22(27,28)39(33,34)35/h1-11H,12-13H2,(H2,30,31,32)(H2,33,34,35). The molecule has 40 heavy (non-hydrogen) atoms. The highest BCUT2D eigenvalue weighted by atomic mass is 35.5. The van der Waals surface area contributed by atoms with Crippen molar-refractivity contribution in [3.05, 3.63) is 99.0 Å². The number of sulfonamides is 1. The summed E-state index contributed by atoms with van der Waals surface area (Å²) in [6.45, 7) is -1.01. The van der Waals surface area contributed by atoms with Crippen molar-refractivity contribution in [1.29, 1.82) is 0 Å². The Balaban J connectivity index is 2.02. The van der Waals surface area contributed by atoms with Crippen LogP contribution in [-0.2, 0) is 43.6 Å². The monoisotopic (exact) mass is 665 g/mol. The van der Waals surface area contributed by atoms with Gasteiger partial charge in [-0.25, -0.2) is 8.42 Å². The molecule has 0 spiro atoms. The lowest BCUT2D eigenvalue weighted by Crippen LogP contribution is -2.30. The highest BCUT2D eigenvalue weighted by molar-refractivity contribution is 7.89. The second-order valence-corrected chi connectivity index (χ2v) is 14.4. The number of hydrogen-bond acceptors (Lipinski definition) is 4. The number of alkyl halides is 4. The molecule has 0 amide bonds. The topological polar surface area (TPSA) is 152 Å². The van der Waals surface area contributed by atoms with Crippen molar-refractivity contribution in [3.63, 3.8) is 0 Å². The summed E-state index contributed by atoms with van der Waals surface area (Å²) in [6, 6.07) is 10.7. The molecule has 0 fully saturated rings. The molecule has 0 aliphatic rings. The van der Waals surface area contributed by atoms with E-state index in [0.29, 0.717) is 24.3 Å². The Hall–Kier alpha value is -1.83. The van der Waals surface area contributed by atoms with Crippen LogP contribution in [0.2, 0.25) is 10.0 Å². The van der Waals surface area contributed by atoms with Gasteiger partial charge in [0.1, 0.15) is 4.90 Å². The Morgan fingerprint density at radius 1 is 0.700 bits per heavy atom. The van der Waals surface area contributed by atoms with E-state index in [0.717, 1.165) is 34.6 Å². The second kappa shape index (κ2) is 11.4. The Morgan fingerprint density at radius 2 is 1.07 bits per heavy atom. The first-order valence-corrected chi connectivity index (χ1v) is 16.1. The molecular formula is C22H19Cl2F4NO8P2S. The van der Waals surface area contributed by atoms with Crippen molar-refractivity contribution < 1.29 is 54.7 Å². The molecule has 0 saturated heterocycles. The van der Waals surface area contributed by atoms with Crippen molar-refractivity contribution in [3.8, 4) is 0 Å². The van der Waals surface area contributed by atoms with Gasteiger partial charge in [-0.2, -0.15) is 21.9 Å². The molecule has 0 bridgehead atoms. The van der Waals surface area contributed by atoms with Crippen LogP contribution in [0, 0.1) is 0 Å². The van der Waals surface area contributed by atoms with Crippen LogP contribution >= 0.6 is 38.4 Å². The number of hydrogen-bond donors (Lipinski definition) is 4. The van der Waals surface area contributed by atoms with Crippen LogP contribution in [0.15, 0.2) is 71.6 Å². The smallest absolute Gasteiger partial charge is 0.320 e. The van der Waals surface area contributed by atoms with E-state index in [1.54, 1.807) is 0 Å². The third-order valence-corrected chi connectivity index (χ3v) is 10.3. The van der Waals surface area contributed by atoms with Gasteiger partial charge in [0.05, 0.1) is 10.0 Å². The number of nitrogens with zero attached hydrogens (tertiary/aromatic N) is 1. The highest BCUT2D eigenvalue weighted by Gasteiger charge is 2.51. The van der Waals surface area contributed by atoms with Crippen LogP contribution in [0.4, 0.5) is 17.6 Å². The second-order valence-electron chi connectivity index (χ2n) is 8.39. The molecule has 3 aromatic rings. The van der Waals surface area contributed by atoms with Crippen LogP contribution in [0.5, 0.6) is 0 Å². The quantitative estimate of drug-likeness (QED) is 0.156. The molecule has 0 aromatic heterocycles. The first-order valence-electron chi connectivity index (χ1n) is 10.7. The molecule has 0 heterocycles. The van der Waals surface area contributed by atoms with Crippen LogP contribution in [-0.4, -0.2) is 32.3 Å². The van der Waals surface area contributed by atoms with Crippen LogP contribution in [0.3, 0.4) is 0 Å². The lowest BCUT2D eigenvalue weighted by Gasteiger charge is -2.24. The maximum absolute atomic E-state index is 14.0. The van der Waals surface area contributed by atoms with Crippen molar-refractivity contribution in [1.82, 2.24) is 4.31 Å². The number of rotatable bonds is 10. The fourth-order valence-corrected chi connectivity index (χ4v) is 6.54. The molecule has 218 valence electrons. The van der Waals surface area contributed by atoms with E-state index in [4.69, 9.17) is 42.8 Å². The van der Waals surface area contributed by atoms with Crippen LogP contribution in [0.1, 0.15) is 22.3 Å². The van der Waals surface area contributed by atoms with Crippen molar-refractivity contribution in [2.75, 3.05) is 0 Å². The maximum Gasteiger partial charge on any atom is 0.399 e. The van der Waals surface area contributed by atoms with Gasteiger partial charge in [-0.15, -0.1) is 0 Å². The van der Waals surface area contributed by atoms with E-state index >= 15 is 0 Å². The van der Waals surface area contributed by atoms with E-state index in [-0.39, 0.29) is 21.2 Å². The predicted molar refractivity (Wildman–Crippen MR) is 138 cm³/mol. The maximum atomic E-state index is 14.0. The molecule has 0 aliphatic heterocycles. The first-order chi connectivity index (χ1) is 18.2. The molecular weight excluding hydrogens is 647 g/mol. The molecule has 0 saturated carbocycles. The van der Waals surface area contributed by atoms with E-state index in [1.807, 2.05) is 0 Å². The third kappa shape index (κ3) is 6.63. The molecule has 0 unspecified atom stereocenters. The molecule has 0 aliphatic carbocycles. The van der Waals surface area contributed by atoms with Crippen LogP contribution in [0.25, 0.3) is 0 Å². The molecule has 9 nitrogen and oxygen atoms in total. The van der Waals surface area contributed by atoms with Gasteiger partial charge in [0.15, 0.2) is 0 Å². The summed E-state index contributed by atoms with van der Waals surface area (Å²) in [5, 5.41) is -0.432. The lowest BCUT2D eigenvalue weighted by atomic mass is 10.1. The largest absolute Gasteiger partial charge is 0.399 e. The van der Waals surface area contributed by atoms with Gasteiger partial charge < -0.3 is 19.6 Å². The molecule has 3 rings (SSSR count). The Kier molecular flexibility index (Phi) is 9.35. The van der Waals surface area contributed by atoms with Crippen molar-refractivity contribution in [2.45, 2.75) is 29.3 Å². The summed E-state index contributed by atoms with van der Waals surface area (Å²) in [5.41, 5.74) is -10.8. The van der Waals surface area contributed by atoms with Gasteiger partial charge in [0.25, 0.3) is 0 Å². The molecule has 0 radical (unpaired) electrons. The highest BCUT2D eigenvalue weighted by Crippen LogP contribution is 2.60. The third-order valence-electron chi connectivity index (χ3n) is 5.59. The number of halogens is 6. The van der Waals surface area contributed by atoms with Gasteiger partial charge in [0, 0.05) is 24.2 Å². The normalized spacial score (nSPS) is 13.6. The van der Waals surface area contributed by atoms with Crippen LogP contribution < -0.4 is 0 Å². The first kappa shape index (κ1) is 32.7. The lowest BCUT2D eigenvalue weighted by molar-refractivity contribution is 0.0564. The van der Waals surface area contributed by atoms with Gasteiger partial charge in [-0.1, -0.05) is 77.8 Å². The zero-order chi connectivity index (χ0) is 30.3. The van der Waals surface area contributed by atoms with Gasteiger partial charge in [0.2, 0.25) is 10.0 Å². The Bertz CT molecular complexity index is 1520. The summed E-state index contributed by atoms with van der Waals surface area (Å²) in [5.74, 6) is 0. The zero-order valence-electron chi connectivity index (χ0n) is 19.7. The van der Waals surface area contributed by atoms with Gasteiger partial charge >= 0.3 is 26.5 Å². The Morgan fingerprint density at radius 3 is 1.43 bits per heavy atom.